The zero-order valence-corrected chi connectivity index (χ0v) is 10.3. The van der Waals surface area contributed by atoms with Crippen LogP contribution in [0.4, 0.5) is 0 Å². The van der Waals surface area contributed by atoms with Gasteiger partial charge < -0.3 is 9.84 Å². The van der Waals surface area contributed by atoms with Gasteiger partial charge in [-0.2, -0.15) is 0 Å². The average Bonchev–Trinajstić information content (AvgIpc) is 2.30. The van der Waals surface area contributed by atoms with E-state index in [9.17, 15) is 9.90 Å². The van der Waals surface area contributed by atoms with Gasteiger partial charge in [-0.1, -0.05) is 17.7 Å². The Balaban J connectivity index is 2.43. The molecule has 2 rings (SSSR count). The zero-order valence-electron chi connectivity index (χ0n) is 9.50. The number of ether oxygens (including phenoxy) is 1. The fourth-order valence-corrected chi connectivity index (χ4v) is 2.12. The molecule has 0 bridgehead atoms. The summed E-state index contributed by atoms with van der Waals surface area (Å²) in [5.74, 6) is -0.456. The minimum absolute atomic E-state index is 0.00722. The Bertz CT molecular complexity index is 491. The maximum atomic E-state index is 11.6. The van der Waals surface area contributed by atoms with E-state index in [1.807, 2.05) is 6.07 Å². The first kappa shape index (κ1) is 12.0. The predicted molar refractivity (Wildman–Crippen MR) is 66.0 cm³/mol. The number of carbonyl (C=O) groups is 1. The summed E-state index contributed by atoms with van der Waals surface area (Å²) in [7, 11) is 0. The Labute approximate surface area is 105 Å². The van der Waals surface area contributed by atoms with Crippen LogP contribution >= 0.6 is 11.6 Å². The summed E-state index contributed by atoms with van der Waals surface area (Å²) in [4.78, 5) is 11.6. The van der Waals surface area contributed by atoms with Crippen molar-refractivity contribution in [2.75, 3.05) is 6.61 Å². The van der Waals surface area contributed by atoms with Gasteiger partial charge in [-0.3, -0.25) is 0 Å². The molecule has 0 aliphatic heterocycles. The number of fused-ring (bicyclic) bond motifs is 1. The summed E-state index contributed by atoms with van der Waals surface area (Å²) < 4.78 is 4.91. The fraction of sp³-hybridized carbons (Fsp3) is 0.308. The molecule has 3 nitrogen and oxygen atoms in total. The number of halogens is 1. The number of aliphatic hydroxyl groups excluding tert-OH is 1. The first-order chi connectivity index (χ1) is 8.13. The Kier molecular flexibility index (Phi) is 3.38. The third-order valence-corrected chi connectivity index (χ3v) is 3.01. The largest absolute Gasteiger partial charge is 0.507 e. The molecule has 0 radical (unpaired) electrons. The Morgan fingerprint density at radius 3 is 2.94 bits per heavy atom. The van der Waals surface area contributed by atoms with Crippen molar-refractivity contribution < 1.29 is 14.6 Å². The molecule has 1 aromatic rings. The van der Waals surface area contributed by atoms with Gasteiger partial charge in [0.05, 0.1) is 12.2 Å². The monoisotopic (exact) mass is 252 g/mol. The lowest BCUT2D eigenvalue weighted by Gasteiger charge is -2.18. The SMILES string of the molecule is CCOC(=O)C1=C(O)c2cc(Cl)ccc2CC1. The second kappa shape index (κ2) is 4.80. The number of aryl methyl sites for hydroxylation is 1. The number of aliphatic hydroxyl groups is 1. The molecule has 1 aromatic carbocycles. The van der Waals surface area contributed by atoms with E-state index in [1.54, 1.807) is 19.1 Å². The summed E-state index contributed by atoms with van der Waals surface area (Å²) in [6.07, 6.45) is 1.21. The molecule has 0 atom stereocenters. The molecule has 90 valence electrons. The minimum Gasteiger partial charge on any atom is -0.507 e. The lowest BCUT2D eigenvalue weighted by molar-refractivity contribution is -0.138. The molecule has 0 heterocycles. The number of rotatable bonds is 2. The molecule has 1 aliphatic carbocycles. The van der Waals surface area contributed by atoms with Crippen molar-refractivity contribution >= 4 is 23.3 Å². The van der Waals surface area contributed by atoms with Crippen molar-refractivity contribution in [3.8, 4) is 0 Å². The molecule has 0 saturated heterocycles. The molecule has 0 fully saturated rings. The van der Waals surface area contributed by atoms with Gasteiger partial charge in [0.25, 0.3) is 0 Å². The van der Waals surface area contributed by atoms with Gasteiger partial charge in [0, 0.05) is 10.6 Å². The summed E-state index contributed by atoms with van der Waals surface area (Å²) in [6.45, 7) is 2.04. The van der Waals surface area contributed by atoms with Gasteiger partial charge in [-0.05, 0) is 37.5 Å². The highest BCUT2D eigenvalue weighted by Crippen LogP contribution is 2.31. The Morgan fingerprint density at radius 1 is 1.47 bits per heavy atom. The second-order valence-electron chi connectivity index (χ2n) is 3.85. The number of hydrogen-bond donors (Lipinski definition) is 1. The van der Waals surface area contributed by atoms with Crippen LogP contribution in [-0.4, -0.2) is 17.7 Å². The molecular formula is C13H13ClO3. The molecule has 0 saturated carbocycles. The van der Waals surface area contributed by atoms with E-state index in [1.165, 1.54) is 0 Å². The van der Waals surface area contributed by atoms with Crippen molar-refractivity contribution in [2.45, 2.75) is 19.8 Å². The second-order valence-corrected chi connectivity index (χ2v) is 4.29. The molecule has 1 aliphatic rings. The van der Waals surface area contributed by atoms with Crippen molar-refractivity contribution in [3.63, 3.8) is 0 Å². The molecule has 1 N–H and O–H groups in total. The van der Waals surface area contributed by atoms with Gasteiger partial charge >= 0.3 is 5.97 Å². The third-order valence-electron chi connectivity index (χ3n) is 2.78. The molecular weight excluding hydrogens is 240 g/mol. The van der Waals surface area contributed by atoms with Gasteiger partial charge in [-0.15, -0.1) is 0 Å². The smallest absolute Gasteiger partial charge is 0.337 e. The number of hydrogen-bond acceptors (Lipinski definition) is 3. The van der Waals surface area contributed by atoms with E-state index in [4.69, 9.17) is 16.3 Å². The van der Waals surface area contributed by atoms with Gasteiger partial charge in [0.15, 0.2) is 0 Å². The Morgan fingerprint density at radius 2 is 2.24 bits per heavy atom. The highest BCUT2D eigenvalue weighted by Gasteiger charge is 2.24. The molecule has 0 aromatic heterocycles. The van der Waals surface area contributed by atoms with Crippen LogP contribution in [0, 0.1) is 0 Å². The summed E-state index contributed by atoms with van der Waals surface area (Å²) >= 11 is 5.88. The highest BCUT2D eigenvalue weighted by molar-refractivity contribution is 6.30. The van der Waals surface area contributed by atoms with Gasteiger partial charge in [0.1, 0.15) is 5.76 Å². The normalized spacial score (nSPS) is 14.5. The van der Waals surface area contributed by atoms with Crippen LogP contribution in [-0.2, 0) is 16.0 Å². The number of esters is 1. The van der Waals surface area contributed by atoms with Crippen LogP contribution < -0.4 is 0 Å². The molecule has 17 heavy (non-hydrogen) atoms. The van der Waals surface area contributed by atoms with Crippen molar-refractivity contribution in [1.82, 2.24) is 0 Å². The minimum atomic E-state index is -0.448. The third kappa shape index (κ3) is 2.29. The van der Waals surface area contributed by atoms with Crippen LogP contribution in [0.25, 0.3) is 5.76 Å². The molecule has 0 unspecified atom stereocenters. The summed E-state index contributed by atoms with van der Waals surface area (Å²) in [5, 5.41) is 10.6. The van der Waals surface area contributed by atoms with E-state index in [0.29, 0.717) is 35.6 Å². The molecule has 4 heteroatoms. The topological polar surface area (TPSA) is 46.5 Å². The highest BCUT2D eigenvalue weighted by atomic mass is 35.5. The van der Waals surface area contributed by atoms with Crippen LogP contribution in [0.5, 0.6) is 0 Å². The van der Waals surface area contributed by atoms with Crippen LogP contribution in [0.2, 0.25) is 5.02 Å². The summed E-state index contributed by atoms with van der Waals surface area (Å²) in [6, 6.07) is 5.32. The quantitative estimate of drug-likeness (QED) is 0.823. The van der Waals surface area contributed by atoms with E-state index in [-0.39, 0.29) is 5.76 Å². The molecule has 0 spiro atoms. The zero-order chi connectivity index (χ0) is 12.4. The lowest BCUT2D eigenvalue weighted by atomic mass is 9.90. The van der Waals surface area contributed by atoms with Gasteiger partial charge in [0.2, 0.25) is 0 Å². The summed E-state index contributed by atoms with van der Waals surface area (Å²) in [5.41, 5.74) is 1.97. The average molecular weight is 253 g/mol. The maximum absolute atomic E-state index is 11.6. The molecule has 0 amide bonds. The van der Waals surface area contributed by atoms with E-state index >= 15 is 0 Å². The van der Waals surface area contributed by atoms with Crippen LogP contribution in [0.15, 0.2) is 23.8 Å². The van der Waals surface area contributed by atoms with E-state index in [0.717, 1.165) is 5.56 Å². The standard InChI is InChI=1S/C13H13ClO3/c1-2-17-13(16)10-6-4-8-3-5-9(14)7-11(8)12(10)15/h3,5,7,15H,2,4,6H2,1H3. The first-order valence-corrected chi connectivity index (χ1v) is 5.89. The van der Waals surface area contributed by atoms with Crippen molar-refractivity contribution in [1.29, 1.82) is 0 Å². The van der Waals surface area contributed by atoms with Crippen molar-refractivity contribution in [2.24, 2.45) is 0 Å². The fourth-order valence-electron chi connectivity index (χ4n) is 1.94. The first-order valence-electron chi connectivity index (χ1n) is 5.51. The van der Waals surface area contributed by atoms with Crippen LogP contribution in [0.1, 0.15) is 24.5 Å². The van der Waals surface area contributed by atoms with Gasteiger partial charge in [-0.25, -0.2) is 4.79 Å². The predicted octanol–water partition coefficient (Wildman–Crippen LogP) is 3.12. The van der Waals surface area contributed by atoms with E-state index in [2.05, 4.69) is 0 Å². The number of benzene rings is 1. The van der Waals surface area contributed by atoms with Crippen LogP contribution in [0.3, 0.4) is 0 Å². The number of carbonyl (C=O) groups excluding carboxylic acids is 1. The maximum Gasteiger partial charge on any atom is 0.337 e. The Hall–Kier alpha value is -1.48. The van der Waals surface area contributed by atoms with E-state index < -0.39 is 5.97 Å². The van der Waals surface area contributed by atoms with Crippen molar-refractivity contribution in [3.05, 3.63) is 39.9 Å². The lowest BCUT2D eigenvalue weighted by Crippen LogP contribution is -2.15.